The minimum absolute atomic E-state index is 0.0741. The third-order valence-electron chi connectivity index (χ3n) is 1.94. The lowest BCUT2D eigenvalue weighted by molar-refractivity contribution is 0.419. The summed E-state index contributed by atoms with van der Waals surface area (Å²) in [6, 6.07) is 0. The lowest BCUT2D eigenvalue weighted by Gasteiger charge is -2.15. The van der Waals surface area contributed by atoms with Gasteiger partial charge in [-0.2, -0.15) is 0 Å². The first-order chi connectivity index (χ1) is 4.63. The van der Waals surface area contributed by atoms with Gasteiger partial charge in [-0.05, 0) is 24.6 Å². The SMILES string of the molecule is CC1=C(O)C=CC(=N)C1C. The minimum atomic E-state index is 0.0741. The predicted octanol–water partition coefficient (Wildman–Crippen LogP) is 2.04. The van der Waals surface area contributed by atoms with Crippen LogP contribution in [0.5, 0.6) is 0 Å². The Morgan fingerprint density at radius 3 is 2.60 bits per heavy atom. The van der Waals surface area contributed by atoms with Crippen molar-refractivity contribution in [3.63, 3.8) is 0 Å². The Morgan fingerprint density at radius 2 is 2.10 bits per heavy atom. The van der Waals surface area contributed by atoms with Crippen LogP contribution in [0.3, 0.4) is 0 Å². The maximum Gasteiger partial charge on any atom is 0.115 e. The minimum Gasteiger partial charge on any atom is -0.508 e. The second-order valence-electron chi connectivity index (χ2n) is 2.58. The molecular weight excluding hydrogens is 126 g/mol. The number of aliphatic hydroxyl groups excluding tert-OH is 1. The van der Waals surface area contributed by atoms with Gasteiger partial charge < -0.3 is 10.5 Å². The van der Waals surface area contributed by atoms with E-state index < -0.39 is 0 Å². The standard InChI is InChI=1S/C8H11NO/c1-5-6(2)8(10)4-3-7(5)9/h3-5,9-10H,1-2H3. The molecule has 2 heteroatoms. The fraction of sp³-hybridized carbons (Fsp3) is 0.375. The van der Waals surface area contributed by atoms with Crippen molar-refractivity contribution < 1.29 is 5.11 Å². The molecule has 0 aliphatic heterocycles. The van der Waals surface area contributed by atoms with E-state index in [1.807, 2.05) is 13.8 Å². The summed E-state index contributed by atoms with van der Waals surface area (Å²) in [5.74, 6) is 0.383. The van der Waals surface area contributed by atoms with Crippen LogP contribution in [-0.2, 0) is 0 Å². The van der Waals surface area contributed by atoms with Crippen LogP contribution in [0.15, 0.2) is 23.5 Å². The van der Waals surface area contributed by atoms with E-state index in [1.165, 1.54) is 0 Å². The van der Waals surface area contributed by atoms with Gasteiger partial charge in [-0.15, -0.1) is 0 Å². The Labute approximate surface area is 60.4 Å². The molecule has 0 saturated heterocycles. The molecule has 1 atom stereocenters. The molecule has 10 heavy (non-hydrogen) atoms. The van der Waals surface area contributed by atoms with Gasteiger partial charge >= 0.3 is 0 Å². The van der Waals surface area contributed by atoms with Crippen molar-refractivity contribution in [2.45, 2.75) is 13.8 Å². The molecule has 1 unspecified atom stereocenters. The van der Waals surface area contributed by atoms with Crippen LogP contribution in [0.4, 0.5) is 0 Å². The number of nitrogens with one attached hydrogen (secondary N) is 1. The Balaban J connectivity index is 2.99. The summed E-state index contributed by atoms with van der Waals surface area (Å²) >= 11 is 0. The zero-order chi connectivity index (χ0) is 7.72. The molecular formula is C8H11NO. The average Bonchev–Trinajstić information content (AvgIpc) is 1.93. The van der Waals surface area contributed by atoms with Gasteiger partial charge in [0.05, 0.1) is 0 Å². The van der Waals surface area contributed by atoms with Gasteiger partial charge in [-0.1, -0.05) is 6.92 Å². The molecule has 0 bridgehead atoms. The van der Waals surface area contributed by atoms with Crippen molar-refractivity contribution in [2.75, 3.05) is 0 Å². The van der Waals surface area contributed by atoms with E-state index in [0.717, 1.165) is 5.57 Å². The molecule has 1 aliphatic rings. The molecule has 0 amide bonds. The largest absolute Gasteiger partial charge is 0.508 e. The lowest BCUT2D eigenvalue weighted by atomic mass is 9.92. The van der Waals surface area contributed by atoms with Gasteiger partial charge in [0, 0.05) is 11.6 Å². The fourth-order valence-electron chi connectivity index (χ4n) is 0.900. The molecule has 0 aromatic carbocycles. The zero-order valence-corrected chi connectivity index (χ0v) is 6.18. The third kappa shape index (κ3) is 0.967. The van der Waals surface area contributed by atoms with Crippen LogP contribution in [0.25, 0.3) is 0 Å². The predicted molar refractivity (Wildman–Crippen MR) is 41.4 cm³/mol. The summed E-state index contributed by atoms with van der Waals surface area (Å²) < 4.78 is 0. The van der Waals surface area contributed by atoms with E-state index in [4.69, 9.17) is 10.5 Å². The normalized spacial score (nSPS) is 25.8. The molecule has 0 saturated carbocycles. The molecule has 0 heterocycles. The summed E-state index contributed by atoms with van der Waals surface area (Å²) in [7, 11) is 0. The molecule has 2 nitrogen and oxygen atoms in total. The quantitative estimate of drug-likeness (QED) is 0.527. The monoisotopic (exact) mass is 137 g/mol. The van der Waals surface area contributed by atoms with Crippen LogP contribution in [0, 0.1) is 11.3 Å². The first kappa shape index (κ1) is 7.06. The lowest BCUT2D eigenvalue weighted by Crippen LogP contribution is -2.13. The average molecular weight is 137 g/mol. The van der Waals surface area contributed by atoms with E-state index in [1.54, 1.807) is 12.2 Å². The Bertz CT molecular complexity index is 225. The van der Waals surface area contributed by atoms with E-state index in [0.29, 0.717) is 11.5 Å². The number of aliphatic hydroxyl groups is 1. The van der Waals surface area contributed by atoms with Gasteiger partial charge in [-0.25, -0.2) is 0 Å². The van der Waals surface area contributed by atoms with E-state index in [9.17, 15) is 0 Å². The van der Waals surface area contributed by atoms with Crippen molar-refractivity contribution in [3.8, 4) is 0 Å². The molecule has 0 radical (unpaired) electrons. The van der Waals surface area contributed by atoms with Crippen LogP contribution in [0.2, 0.25) is 0 Å². The van der Waals surface area contributed by atoms with Crippen molar-refractivity contribution in [1.29, 1.82) is 5.41 Å². The van der Waals surface area contributed by atoms with Crippen LogP contribution in [0.1, 0.15) is 13.8 Å². The maximum absolute atomic E-state index is 9.16. The number of hydrogen-bond donors (Lipinski definition) is 2. The Morgan fingerprint density at radius 1 is 1.50 bits per heavy atom. The molecule has 1 aliphatic carbocycles. The summed E-state index contributed by atoms with van der Waals surface area (Å²) in [6.45, 7) is 3.76. The first-order valence-corrected chi connectivity index (χ1v) is 3.29. The van der Waals surface area contributed by atoms with Crippen molar-refractivity contribution >= 4 is 5.71 Å². The van der Waals surface area contributed by atoms with Gasteiger partial charge in [0.15, 0.2) is 0 Å². The molecule has 0 fully saturated rings. The van der Waals surface area contributed by atoms with Gasteiger partial charge in [0.25, 0.3) is 0 Å². The highest BCUT2D eigenvalue weighted by atomic mass is 16.3. The number of hydrogen-bond acceptors (Lipinski definition) is 2. The number of rotatable bonds is 0. The van der Waals surface area contributed by atoms with Crippen molar-refractivity contribution in [1.82, 2.24) is 0 Å². The van der Waals surface area contributed by atoms with Crippen molar-refractivity contribution in [3.05, 3.63) is 23.5 Å². The van der Waals surface area contributed by atoms with Gasteiger partial charge in [0.1, 0.15) is 5.76 Å². The highest BCUT2D eigenvalue weighted by Crippen LogP contribution is 2.19. The van der Waals surface area contributed by atoms with Crippen LogP contribution < -0.4 is 0 Å². The summed E-state index contributed by atoms with van der Waals surface area (Å²) in [5.41, 5.74) is 1.45. The van der Waals surface area contributed by atoms with Crippen LogP contribution >= 0.6 is 0 Å². The summed E-state index contributed by atoms with van der Waals surface area (Å²) in [6.07, 6.45) is 3.20. The molecule has 0 spiro atoms. The Hall–Kier alpha value is -1.05. The second kappa shape index (κ2) is 2.29. The third-order valence-corrected chi connectivity index (χ3v) is 1.94. The van der Waals surface area contributed by atoms with Gasteiger partial charge in [0.2, 0.25) is 0 Å². The highest BCUT2D eigenvalue weighted by molar-refractivity contribution is 5.97. The molecule has 0 aromatic rings. The molecule has 0 aromatic heterocycles. The zero-order valence-electron chi connectivity index (χ0n) is 6.18. The smallest absolute Gasteiger partial charge is 0.115 e. The maximum atomic E-state index is 9.16. The Kier molecular flexibility index (Phi) is 1.62. The molecule has 1 rings (SSSR count). The topological polar surface area (TPSA) is 44.1 Å². The van der Waals surface area contributed by atoms with Gasteiger partial charge in [-0.3, -0.25) is 0 Å². The van der Waals surface area contributed by atoms with E-state index in [2.05, 4.69) is 0 Å². The summed E-state index contributed by atoms with van der Waals surface area (Å²) in [4.78, 5) is 0. The second-order valence-corrected chi connectivity index (χ2v) is 2.58. The molecule has 54 valence electrons. The highest BCUT2D eigenvalue weighted by Gasteiger charge is 2.15. The van der Waals surface area contributed by atoms with E-state index >= 15 is 0 Å². The first-order valence-electron chi connectivity index (χ1n) is 3.29. The fourth-order valence-corrected chi connectivity index (χ4v) is 0.900. The molecule has 2 N–H and O–H groups in total. The summed E-state index contributed by atoms with van der Waals surface area (Å²) in [5, 5.41) is 16.5. The van der Waals surface area contributed by atoms with E-state index in [-0.39, 0.29) is 5.92 Å². The number of allylic oxidation sites excluding steroid dienone is 3. The van der Waals surface area contributed by atoms with Crippen LogP contribution in [-0.4, -0.2) is 10.8 Å². The van der Waals surface area contributed by atoms with Crippen molar-refractivity contribution in [2.24, 2.45) is 5.92 Å².